The molecular weight excluding hydrogens is 331 g/mol. The monoisotopic (exact) mass is 356 g/mol. The molecule has 5 nitrogen and oxygen atoms in total. The molecule has 2 aromatic carbocycles. The highest BCUT2D eigenvalue weighted by Gasteiger charge is 2.21. The fourth-order valence-electron chi connectivity index (χ4n) is 3.20. The van der Waals surface area contributed by atoms with E-state index in [9.17, 15) is 4.39 Å². The predicted molar refractivity (Wildman–Crippen MR) is 103 cm³/mol. The Morgan fingerprint density at radius 1 is 1.08 bits per heavy atom. The molecule has 1 heterocycles. The lowest BCUT2D eigenvalue weighted by Crippen LogP contribution is -2.52. The Balaban J connectivity index is 1.58. The van der Waals surface area contributed by atoms with Gasteiger partial charge in [0.1, 0.15) is 11.6 Å². The van der Waals surface area contributed by atoms with E-state index in [0.29, 0.717) is 12.1 Å². The van der Waals surface area contributed by atoms with E-state index in [0.717, 1.165) is 43.6 Å². The van der Waals surface area contributed by atoms with Crippen molar-refractivity contribution in [3.05, 3.63) is 59.9 Å². The van der Waals surface area contributed by atoms with E-state index >= 15 is 0 Å². The quantitative estimate of drug-likeness (QED) is 0.676. The fourth-order valence-corrected chi connectivity index (χ4v) is 3.20. The standard InChI is InChI=1S/C20H25FN4O/c1-22-20(23-15-16-7-3-4-8-17(16)21)25-13-11-24(12-14-25)18-9-5-6-10-19(18)26-2/h3-10H,11-15H2,1-2H3,(H,22,23). The second-order valence-corrected chi connectivity index (χ2v) is 6.14. The van der Waals surface area contributed by atoms with Crippen molar-refractivity contribution in [2.24, 2.45) is 4.99 Å². The van der Waals surface area contributed by atoms with Crippen LogP contribution in [0.25, 0.3) is 0 Å². The van der Waals surface area contributed by atoms with Crippen molar-refractivity contribution >= 4 is 11.6 Å². The molecule has 1 aliphatic heterocycles. The molecule has 1 N–H and O–H groups in total. The Hall–Kier alpha value is -2.76. The second kappa shape index (κ2) is 8.56. The number of nitrogens with zero attached hydrogens (tertiary/aromatic N) is 3. The van der Waals surface area contributed by atoms with Gasteiger partial charge in [0.25, 0.3) is 0 Å². The third kappa shape index (κ3) is 4.07. The number of para-hydroxylation sites is 2. The minimum absolute atomic E-state index is 0.198. The summed E-state index contributed by atoms with van der Waals surface area (Å²) in [4.78, 5) is 8.87. The van der Waals surface area contributed by atoms with E-state index in [-0.39, 0.29) is 5.82 Å². The average Bonchev–Trinajstić information content (AvgIpc) is 2.70. The summed E-state index contributed by atoms with van der Waals surface area (Å²) in [5.74, 6) is 1.49. The number of nitrogens with one attached hydrogen (secondary N) is 1. The molecule has 1 saturated heterocycles. The normalized spacial score (nSPS) is 15.1. The third-order valence-corrected chi connectivity index (χ3v) is 4.61. The first-order chi connectivity index (χ1) is 12.7. The molecule has 0 bridgehead atoms. The van der Waals surface area contributed by atoms with E-state index in [2.05, 4.69) is 26.2 Å². The van der Waals surface area contributed by atoms with Crippen molar-refractivity contribution in [3.8, 4) is 5.75 Å². The molecule has 0 aliphatic carbocycles. The number of aliphatic imine (C=N–C) groups is 1. The maximum absolute atomic E-state index is 13.8. The molecule has 0 aromatic heterocycles. The van der Waals surface area contributed by atoms with Crippen LogP contribution in [0.3, 0.4) is 0 Å². The topological polar surface area (TPSA) is 40.1 Å². The summed E-state index contributed by atoms with van der Waals surface area (Å²) in [5.41, 5.74) is 1.75. The van der Waals surface area contributed by atoms with Crippen LogP contribution in [-0.2, 0) is 6.54 Å². The maximum Gasteiger partial charge on any atom is 0.194 e. The van der Waals surface area contributed by atoms with Gasteiger partial charge in [0.05, 0.1) is 12.8 Å². The summed E-state index contributed by atoms with van der Waals surface area (Å²) >= 11 is 0. The second-order valence-electron chi connectivity index (χ2n) is 6.14. The molecule has 0 radical (unpaired) electrons. The van der Waals surface area contributed by atoms with Crippen LogP contribution in [0.15, 0.2) is 53.5 Å². The van der Waals surface area contributed by atoms with Crippen LogP contribution in [0, 0.1) is 5.82 Å². The van der Waals surface area contributed by atoms with E-state index in [1.165, 1.54) is 6.07 Å². The molecular formula is C20H25FN4O. The molecule has 0 spiro atoms. The Morgan fingerprint density at radius 3 is 2.46 bits per heavy atom. The van der Waals surface area contributed by atoms with Crippen LogP contribution < -0.4 is 15.0 Å². The number of hydrogen-bond donors (Lipinski definition) is 1. The summed E-state index contributed by atoms with van der Waals surface area (Å²) in [6.07, 6.45) is 0. The first-order valence-electron chi connectivity index (χ1n) is 8.80. The summed E-state index contributed by atoms with van der Waals surface area (Å²) in [7, 11) is 3.46. The minimum atomic E-state index is -0.198. The summed E-state index contributed by atoms with van der Waals surface area (Å²) in [5, 5.41) is 3.27. The minimum Gasteiger partial charge on any atom is -0.495 e. The van der Waals surface area contributed by atoms with Gasteiger partial charge in [0.15, 0.2) is 5.96 Å². The SMILES string of the molecule is CN=C(NCc1ccccc1F)N1CCN(c2ccccc2OC)CC1. The zero-order valence-corrected chi connectivity index (χ0v) is 15.3. The molecule has 0 atom stereocenters. The van der Waals surface area contributed by atoms with Crippen LogP contribution in [-0.4, -0.2) is 51.2 Å². The van der Waals surface area contributed by atoms with Gasteiger partial charge in [0, 0.05) is 45.3 Å². The van der Waals surface area contributed by atoms with Gasteiger partial charge in [-0.05, 0) is 18.2 Å². The van der Waals surface area contributed by atoms with Gasteiger partial charge in [-0.3, -0.25) is 4.99 Å². The molecule has 3 rings (SSSR count). The van der Waals surface area contributed by atoms with Crippen molar-refractivity contribution in [2.45, 2.75) is 6.54 Å². The van der Waals surface area contributed by atoms with Gasteiger partial charge in [-0.25, -0.2) is 4.39 Å². The van der Waals surface area contributed by atoms with Gasteiger partial charge in [-0.2, -0.15) is 0 Å². The van der Waals surface area contributed by atoms with Gasteiger partial charge in [-0.1, -0.05) is 30.3 Å². The van der Waals surface area contributed by atoms with Crippen molar-refractivity contribution in [1.29, 1.82) is 0 Å². The summed E-state index contributed by atoms with van der Waals surface area (Å²) in [6.45, 7) is 3.86. The molecule has 0 unspecified atom stereocenters. The zero-order chi connectivity index (χ0) is 18.4. The van der Waals surface area contributed by atoms with E-state index in [4.69, 9.17) is 4.74 Å². The fraction of sp³-hybridized carbons (Fsp3) is 0.350. The number of halogens is 1. The number of methoxy groups -OCH3 is 1. The molecule has 0 saturated carbocycles. The molecule has 6 heteroatoms. The molecule has 0 amide bonds. The first kappa shape index (κ1) is 18.0. The zero-order valence-electron chi connectivity index (χ0n) is 15.3. The first-order valence-corrected chi connectivity index (χ1v) is 8.80. The third-order valence-electron chi connectivity index (χ3n) is 4.61. The lowest BCUT2D eigenvalue weighted by atomic mass is 10.2. The molecule has 138 valence electrons. The van der Waals surface area contributed by atoms with E-state index in [1.54, 1.807) is 26.3 Å². The number of hydrogen-bond acceptors (Lipinski definition) is 3. The van der Waals surface area contributed by atoms with E-state index < -0.39 is 0 Å². The molecule has 1 aliphatic rings. The number of guanidine groups is 1. The van der Waals surface area contributed by atoms with Crippen LogP contribution in [0.2, 0.25) is 0 Å². The van der Waals surface area contributed by atoms with E-state index in [1.807, 2.05) is 24.3 Å². The Bertz CT molecular complexity index is 757. The Kier molecular flexibility index (Phi) is 5.94. The van der Waals surface area contributed by atoms with Crippen molar-refractivity contribution in [3.63, 3.8) is 0 Å². The van der Waals surface area contributed by atoms with Gasteiger partial charge in [0.2, 0.25) is 0 Å². The van der Waals surface area contributed by atoms with Gasteiger partial charge < -0.3 is 19.9 Å². The highest BCUT2D eigenvalue weighted by molar-refractivity contribution is 5.80. The van der Waals surface area contributed by atoms with Crippen molar-refractivity contribution < 1.29 is 9.13 Å². The lowest BCUT2D eigenvalue weighted by molar-refractivity contribution is 0.366. The predicted octanol–water partition coefficient (Wildman–Crippen LogP) is 2.73. The summed E-state index contributed by atoms with van der Waals surface area (Å²) in [6, 6.07) is 14.9. The smallest absolute Gasteiger partial charge is 0.194 e. The van der Waals surface area contributed by atoms with Gasteiger partial charge in [-0.15, -0.1) is 0 Å². The number of benzene rings is 2. The maximum atomic E-state index is 13.8. The Labute approximate surface area is 154 Å². The molecule has 26 heavy (non-hydrogen) atoms. The number of anilines is 1. The molecule has 1 fully saturated rings. The molecule has 2 aromatic rings. The van der Waals surface area contributed by atoms with Crippen LogP contribution in [0.1, 0.15) is 5.56 Å². The largest absolute Gasteiger partial charge is 0.495 e. The van der Waals surface area contributed by atoms with Crippen LogP contribution >= 0.6 is 0 Å². The lowest BCUT2D eigenvalue weighted by Gasteiger charge is -2.38. The van der Waals surface area contributed by atoms with Crippen molar-refractivity contribution in [2.75, 3.05) is 45.2 Å². The average molecular weight is 356 g/mol. The van der Waals surface area contributed by atoms with Crippen LogP contribution in [0.4, 0.5) is 10.1 Å². The van der Waals surface area contributed by atoms with Gasteiger partial charge >= 0.3 is 0 Å². The Morgan fingerprint density at radius 2 is 1.77 bits per heavy atom. The number of piperazine rings is 1. The van der Waals surface area contributed by atoms with Crippen molar-refractivity contribution in [1.82, 2.24) is 10.2 Å². The summed E-state index contributed by atoms with van der Waals surface area (Å²) < 4.78 is 19.3. The highest BCUT2D eigenvalue weighted by Crippen LogP contribution is 2.28. The number of rotatable bonds is 4. The van der Waals surface area contributed by atoms with Crippen LogP contribution in [0.5, 0.6) is 5.75 Å². The number of ether oxygens (including phenoxy) is 1. The highest BCUT2D eigenvalue weighted by atomic mass is 19.1.